The van der Waals surface area contributed by atoms with Crippen molar-refractivity contribution < 1.29 is 4.74 Å². The average molecular weight is 167 g/mol. The van der Waals surface area contributed by atoms with Gasteiger partial charge < -0.3 is 10.1 Å². The van der Waals surface area contributed by atoms with Crippen LogP contribution in [0.3, 0.4) is 0 Å². The predicted molar refractivity (Wildman–Crippen MR) is 46.1 cm³/mol. The zero-order chi connectivity index (χ0) is 8.55. The summed E-state index contributed by atoms with van der Waals surface area (Å²) in [7, 11) is 3.65. The largest absolute Gasteiger partial charge is 0.378 e. The molecule has 4 nitrogen and oxygen atoms in total. The van der Waals surface area contributed by atoms with Crippen LogP contribution in [0.1, 0.15) is 11.3 Å². The summed E-state index contributed by atoms with van der Waals surface area (Å²) < 4.78 is 6.95. The van der Waals surface area contributed by atoms with Crippen LogP contribution in [-0.2, 0) is 24.8 Å². The van der Waals surface area contributed by atoms with Gasteiger partial charge in [-0.1, -0.05) is 0 Å². The van der Waals surface area contributed by atoms with Crippen molar-refractivity contribution in [1.29, 1.82) is 0 Å². The van der Waals surface area contributed by atoms with E-state index in [9.17, 15) is 0 Å². The Bertz CT molecular complexity index is 293. The van der Waals surface area contributed by atoms with Crippen molar-refractivity contribution in [1.82, 2.24) is 9.78 Å². The van der Waals surface area contributed by atoms with Crippen LogP contribution in [0.25, 0.3) is 0 Å². The highest BCUT2D eigenvalue weighted by Gasteiger charge is 2.19. The minimum atomic E-state index is 0.616. The maximum absolute atomic E-state index is 5.06. The summed E-state index contributed by atoms with van der Waals surface area (Å²) >= 11 is 0. The van der Waals surface area contributed by atoms with Crippen LogP contribution < -0.4 is 5.32 Å². The molecule has 2 rings (SSSR count). The second-order valence-corrected chi connectivity index (χ2v) is 3.01. The maximum Gasteiger partial charge on any atom is 0.127 e. The van der Waals surface area contributed by atoms with E-state index >= 15 is 0 Å². The highest BCUT2D eigenvalue weighted by Crippen LogP contribution is 2.24. The van der Waals surface area contributed by atoms with Gasteiger partial charge in [0.2, 0.25) is 0 Å². The summed E-state index contributed by atoms with van der Waals surface area (Å²) in [6.45, 7) is 1.64. The number of nitrogens with one attached hydrogen (secondary N) is 1. The maximum atomic E-state index is 5.06. The van der Waals surface area contributed by atoms with Gasteiger partial charge in [-0.3, -0.25) is 4.68 Å². The third-order valence-electron chi connectivity index (χ3n) is 2.18. The molecule has 0 unspecified atom stereocenters. The van der Waals surface area contributed by atoms with Crippen LogP contribution in [-0.4, -0.2) is 23.4 Å². The van der Waals surface area contributed by atoms with Crippen LogP contribution in [0.4, 0.5) is 5.82 Å². The molecule has 66 valence electrons. The van der Waals surface area contributed by atoms with E-state index in [-0.39, 0.29) is 0 Å². The topological polar surface area (TPSA) is 39.1 Å². The molecule has 1 N–H and O–H groups in total. The van der Waals surface area contributed by atoms with Gasteiger partial charge in [0.15, 0.2) is 0 Å². The van der Waals surface area contributed by atoms with Crippen molar-refractivity contribution in [2.45, 2.75) is 13.0 Å². The second-order valence-electron chi connectivity index (χ2n) is 3.01. The Balaban J connectivity index is 2.37. The number of fused-ring (bicyclic) bond motifs is 1. The molecule has 1 aliphatic rings. The molecule has 0 fully saturated rings. The molecule has 0 spiro atoms. The number of aryl methyl sites for hydroxylation is 1. The smallest absolute Gasteiger partial charge is 0.127 e. The first-order valence-corrected chi connectivity index (χ1v) is 4.10. The van der Waals surface area contributed by atoms with Gasteiger partial charge in [0.25, 0.3) is 0 Å². The van der Waals surface area contributed by atoms with E-state index < -0.39 is 0 Å². The van der Waals surface area contributed by atoms with E-state index in [1.54, 1.807) is 7.11 Å². The summed E-state index contributed by atoms with van der Waals surface area (Å²) in [6, 6.07) is 0. The number of aromatic nitrogens is 2. The minimum absolute atomic E-state index is 0.616. The SMILES string of the molecule is COCc1nn(C)c2c1CCN2. The lowest BCUT2D eigenvalue weighted by atomic mass is 10.2. The normalized spacial score (nSPS) is 14.5. The summed E-state index contributed by atoms with van der Waals surface area (Å²) in [5, 5.41) is 7.64. The Hall–Kier alpha value is -1.03. The highest BCUT2D eigenvalue weighted by molar-refractivity contribution is 5.52. The third kappa shape index (κ3) is 0.992. The Morgan fingerprint density at radius 1 is 1.67 bits per heavy atom. The highest BCUT2D eigenvalue weighted by atomic mass is 16.5. The Morgan fingerprint density at radius 2 is 2.50 bits per heavy atom. The van der Waals surface area contributed by atoms with E-state index in [0.717, 1.165) is 24.5 Å². The first-order chi connectivity index (χ1) is 5.83. The summed E-state index contributed by atoms with van der Waals surface area (Å²) in [6.07, 6.45) is 1.07. The van der Waals surface area contributed by atoms with Gasteiger partial charge in [0.1, 0.15) is 5.82 Å². The molecule has 0 amide bonds. The molecule has 0 aromatic carbocycles. The van der Waals surface area contributed by atoms with E-state index in [1.165, 1.54) is 5.56 Å². The number of ether oxygens (including phenoxy) is 1. The molecular formula is C8H13N3O. The summed E-state index contributed by atoms with van der Waals surface area (Å²) in [5.41, 5.74) is 2.39. The lowest BCUT2D eigenvalue weighted by Crippen LogP contribution is -2.02. The Kier molecular flexibility index (Phi) is 1.77. The summed E-state index contributed by atoms with van der Waals surface area (Å²) in [5.74, 6) is 1.15. The second kappa shape index (κ2) is 2.79. The lowest BCUT2D eigenvalue weighted by Gasteiger charge is -1.96. The Morgan fingerprint density at radius 3 is 3.25 bits per heavy atom. The van der Waals surface area contributed by atoms with Crippen LogP contribution in [0.15, 0.2) is 0 Å². The number of hydrogen-bond acceptors (Lipinski definition) is 3. The number of hydrogen-bond donors (Lipinski definition) is 1. The Labute approximate surface area is 71.5 Å². The van der Waals surface area contributed by atoms with Crippen molar-refractivity contribution in [3.63, 3.8) is 0 Å². The monoisotopic (exact) mass is 167 g/mol. The van der Waals surface area contributed by atoms with Crippen LogP contribution in [0.5, 0.6) is 0 Å². The van der Waals surface area contributed by atoms with Gasteiger partial charge in [0.05, 0.1) is 12.3 Å². The van der Waals surface area contributed by atoms with E-state index in [0.29, 0.717) is 6.61 Å². The molecule has 0 atom stereocenters. The molecule has 0 bridgehead atoms. The number of rotatable bonds is 2. The minimum Gasteiger partial charge on any atom is -0.378 e. The molecular weight excluding hydrogens is 154 g/mol. The average Bonchev–Trinajstić information content (AvgIpc) is 2.58. The number of anilines is 1. The van der Waals surface area contributed by atoms with Gasteiger partial charge in [0, 0.05) is 26.3 Å². The molecule has 0 radical (unpaired) electrons. The van der Waals surface area contributed by atoms with Gasteiger partial charge in [-0.15, -0.1) is 0 Å². The molecule has 2 heterocycles. The first-order valence-electron chi connectivity index (χ1n) is 4.10. The predicted octanol–water partition coefficient (Wildman–Crippen LogP) is 0.534. The molecule has 1 aromatic heterocycles. The molecule has 4 heteroatoms. The van der Waals surface area contributed by atoms with Crippen molar-refractivity contribution in [2.75, 3.05) is 19.0 Å². The van der Waals surface area contributed by atoms with E-state index in [2.05, 4.69) is 10.4 Å². The number of nitrogens with zero attached hydrogens (tertiary/aromatic N) is 2. The van der Waals surface area contributed by atoms with Crippen molar-refractivity contribution in [3.05, 3.63) is 11.3 Å². The molecule has 1 aliphatic heterocycles. The van der Waals surface area contributed by atoms with Crippen molar-refractivity contribution in [3.8, 4) is 0 Å². The molecule has 0 aliphatic carbocycles. The first kappa shape index (κ1) is 7.61. The summed E-state index contributed by atoms with van der Waals surface area (Å²) in [4.78, 5) is 0. The van der Waals surface area contributed by atoms with E-state index in [1.807, 2.05) is 11.7 Å². The van der Waals surface area contributed by atoms with E-state index in [4.69, 9.17) is 4.74 Å². The van der Waals surface area contributed by atoms with Crippen molar-refractivity contribution >= 4 is 5.82 Å². The zero-order valence-electron chi connectivity index (χ0n) is 7.42. The molecule has 12 heavy (non-hydrogen) atoms. The van der Waals surface area contributed by atoms with Gasteiger partial charge >= 0.3 is 0 Å². The van der Waals surface area contributed by atoms with Gasteiger partial charge in [-0.2, -0.15) is 5.10 Å². The lowest BCUT2D eigenvalue weighted by molar-refractivity contribution is 0.180. The molecule has 0 saturated heterocycles. The van der Waals surface area contributed by atoms with Gasteiger partial charge in [-0.25, -0.2) is 0 Å². The van der Waals surface area contributed by atoms with Crippen LogP contribution in [0, 0.1) is 0 Å². The van der Waals surface area contributed by atoms with Crippen molar-refractivity contribution in [2.24, 2.45) is 7.05 Å². The number of methoxy groups -OCH3 is 1. The third-order valence-corrected chi connectivity index (χ3v) is 2.18. The molecule has 0 saturated carbocycles. The fourth-order valence-corrected chi connectivity index (χ4v) is 1.67. The fraction of sp³-hybridized carbons (Fsp3) is 0.625. The standard InChI is InChI=1S/C8H13N3O/c1-11-8-6(3-4-9-8)7(10-11)5-12-2/h9H,3-5H2,1-2H3. The molecule has 1 aromatic rings. The van der Waals surface area contributed by atoms with Gasteiger partial charge in [-0.05, 0) is 6.42 Å². The van der Waals surface area contributed by atoms with Crippen LogP contribution in [0.2, 0.25) is 0 Å². The quantitative estimate of drug-likeness (QED) is 0.698. The zero-order valence-corrected chi connectivity index (χ0v) is 7.42. The van der Waals surface area contributed by atoms with Crippen LogP contribution >= 0.6 is 0 Å². The fourth-order valence-electron chi connectivity index (χ4n) is 1.67.